The summed E-state index contributed by atoms with van der Waals surface area (Å²) in [4.78, 5) is 2.29. The van der Waals surface area contributed by atoms with E-state index in [1.165, 1.54) is 17.6 Å². The predicted molar refractivity (Wildman–Crippen MR) is 67.9 cm³/mol. The lowest BCUT2D eigenvalue weighted by Crippen LogP contribution is -2.28. The van der Waals surface area contributed by atoms with Gasteiger partial charge in [0.15, 0.2) is 6.04 Å². The van der Waals surface area contributed by atoms with Crippen molar-refractivity contribution >= 4 is 5.84 Å². The Kier molecular flexibility index (Phi) is 2.75. The Bertz CT molecular complexity index is 427. The van der Waals surface area contributed by atoms with Gasteiger partial charge in [-0.05, 0) is 19.3 Å². The molecule has 0 bridgehead atoms. The molecule has 1 aromatic rings. The minimum Gasteiger partial charge on any atom is -0.715 e. The Hall–Kier alpha value is -1.51. The maximum absolute atomic E-state index is 12.3. The predicted octanol–water partition coefficient (Wildman–Crippen LogP) is 2.53. The molecule has 0 amide bonds. The van der Waals surface area contributed by atoms with Crippen LogP contribution in [0.4, 0.5) is 0 Å². The van der Waals surface area contributed by atoms with E-state index in [0.717, 1.165) is 37.3 Å². The van der Waals surface area contributed by atoms with Gasteiger partial charge in [-0.25, -0.2) is 0 Å². The summed E-state index contributed by atoms with van der Waals surface area (Å²) in [6.07, 6.45) is 4.58. The molecule has 0 N–H and O–H groups in total. The first kappa shape index (κ1) is 10.6. The van der Waals surface area contributed by atoms with Crippen LogP contribution >= 0.6 is 0 Å². The van der Waals surface area contributed by atoms with Gasteiger partial charge in [0.1, 0.15) is 6.54 Å². The Morgan fingerprint density at radius 1 is 1.12 bits per heavy atom. The highest BCUT2D eigenvalue weighted by atomic mass is 16.5. The van der Waals surface area contributed by atoms with E-state index >= 15 is 0 Å². The highest BCUT2D eigenvalue weighted by Gasteiger charge is 2.36. The van der Waals surface area contributed by atoms with E-state index in [4.69, 9.17) is 0 Å². The van der Waals surface area contributed by atoms with Crippen LogP contribution < -0.4 is 0 Å². The van der Waals surface area contributed by atoms with Crippen LogP contribution in [0.3, 0.4) is 0 Å². The molecule has 2 aliphatic heterocycles. The van der Waals surface area contributed by atoms with Crippen molar-refractivity contribution in [2.75, 3.05) is 13.1 Å². The summed E-state index contributed by atoms with van der Waals surface area (Å²) in [7, 11) is 0. The minimum absolute atomic E-state index is 0.00398. The minimum atomic E-state index is 0.00398. The van der Waals surface area contributed by atoms with Crippen LogP contribution in [-0.4, -0.2) is 28.6 Å². The molecule has 1 saturated heterocycles. The molecule has 3 heteroatoms. The number of hydrogen-bond acceptors (Lipinski definition) is 2. The van der Waals surface area contributed by atoms with Crippen molar-refractivity contribution in [3.8, 4) is 0 Å². The third-order valence-corrected chi connectivity index (χ3v) is 3.81. The number of benzene rings is 1. The molecule has 3 nitrogen and oxygen atoms in total. The molecule has 0 radical (unpaired) electrons. The van der Waals surface area contributed by atoms with Crippen molar-refractivity contribution < 1.29 is 4.74 Å². The molecule has 1 atom stereocenters. The highest BCUT2D eigenvalue weighted by Crippen LogP contribution is 2.27. The van der Waals surface area contributed by atoms with Gasteiger partial charge in [-0.2, -0.15) is 0 Å². The van der Waals surface area contributed by atoms with Gasteiger partial charge in [-0.1, -0.05) is 30.3 Å². The molecule has 0 aromatic heterocycles. The second-order valence-corrected chi connectivity index (χ2v) is 4.93. The number of fused-ring (bicyclic) bond motifs is 1. The Balaban J connectivity index is 1.90. The fourth-order valence-electron chi connectivity index (χ4n) is 2.87. The average molecular weight is 230 g/mol. The van der Waals surface area contributed by atoms with E-state index in [2.05, 4.69) is 17.0 Å². The van der Waals surface area contributed by atoms with E-state index in [-0.39, 0.29) is 6.04 Å². The largest absolute Gasteiger partial charge is 0.715 e. The van der Waals surface area contributed by atoms with Crippen molar-refractivity contribution in [3.63, 3.8) is 0 Å². The van der Waals surface area contributed by atoms with Crippen LogP contribution in [0.2, 0.25) is 0 Å². The lowest BCUT2D eigenvalue weighted by Gasteiger charge is -2.15. The molecule has 2 aliphatic rings. The average Bonchev–Trinajstić information content (AvgIpc) is 2.56. The summed E-state index contributed by atoms with van der Waals surface area (Å²) in [5.41, 5.74) is 1.14. The van der Waals surface area contributed by atoms with Gasteiger partial charge >= 0.3 is 0 Å². The van der Waals surface area contributed by atoms with Crippen molar-refractivity contribution in [3.05, 3.63) is 41.1 Å². The third kappa shape index (κ3) is 1.90. The maximum atomic E-state index is 12.3. The molecule has 0 spiro atoms. The molecular formula is C14H18N2O. The number of amidine groups is 1. The zero-order valence-electron chi connectivity index (χ0n) is 10.0. The Labute approximate surface area is 102 Å². The monoisotopic (exact) mass is 230 g/mol. The summed E-state index contributed by atoms with van der Waals surface area (Å²) in [6.45, 7) is 1.92. The molecule has 0 saturated carbocycles. The summed E-state index contributed by atoms with van der Waals surface area (Å²) >= 11 is 0. The molecule has 1 unspecified atom stereocenters. The molecule has 17 heavy (non-hydrogen) atoms. The molecule has 0 aliphatic carbocycles. The van der Waals surface area contributed by atoms with Crippen molar-refractivity contribution in [1.82, 2.24) is 4.90 Å². The standard InChI is InChI=1S/C14H18N2O/c17-16-13(12-7-3-1-4-8-12)11-15-10-6-2-5-9-14(15)16/h1,3-4,7-8,13H,2,5-6,9-11H2. The van der Waals surface area contributed by atoms with Crippen LogP contribution in [0.15, 0.2) is 30.3 Å². The quantitative estimate of drug-likeness (QED) is 0.548. The van der Waals surface area contributed by atoms with Gasteiger partial charge in [0.2, 0.25) is 0 Å². The zero-order chi connectivity index (χ0) is 11.7. The van der Waals surface area contributed by atoms with Crippen molar-refractivity contribution in [2.24, 2.45) is 0 Å². The lowest BCUT2D eigenvalue weighted by molar-refractivity contribution is -0.496. The number of nitrogens with zero attached hydrogens (tertiary/aromatic N) is 2. The topological polar surface area (TPSA) is 29.3 Å². The van der Waals surface area contributed by atoms with E-state index in [0.29, 0.717) is 0 Å². The molecule has 3 rings (SSSR count). The first-order valence-corrected chi connectivity index (χ1v) is 6.48. The zero-order valence-corrected chi connectivity index (χ0v) is 10.0. The normalized spacial score (nSPS) is 24.7. The van der Waals surface area contributed by atoms with Crippen LogP contribution in [-0.2, 0) is 0 Å². The molecule has 1 aromatic carbocycles. The third-order valence-electron chi connectivity index (χ3n) is 3.81. The van der Waals surface area contributed by atoms with Crippen LogP contribution in [0.25, 0.3) is 0 Å². The Morgan fingerprint density at radius 2 is 1.94 bits per heavy atom. The summed E-state index contributed by atoms with van der Waals surface area (Å²) < 4.78 is 1.25. The Morgan fingerprint density at radius 3 is 2.76 bits per heavy atom. The first-order valence-electron chi connectivity index (χ1n) is 6.48. The first-order chi connectivity index (χ1) is 8.36. The molecule has 1 fully saturated rings. The molecule has 90 valence electrons. The molecule has 2 heterocycles. The van der Waals surface area contributed by atoms with E-state index in [1.54, 1.807) is 0 Å². The van der Waals surface area contributed by atoms with Crippen LogP contribution in [0, 0.1) is 5.21 Å². The SMILES string of the molecule is [O-][N+]1=C2CCCCCN2CC1c1ccccc1. The van der Waals surface area contributed by atoms with Gasteiger partial charge in [-0.3, -0.25) is 9.64 Å². The number of hydroxylamine groups is 1. The lowest BCUT2D eigenvalue weighted by atomic mass is 10.1. The van der Waals surface area contributed by atoms with E-state index < -0.39 is 0 Å². The van der Waals surface area contributed by atoms with Gasteiger partial charge < -0.3 is 5.21 Å². The van der Waals surface area contributed by atoms with Gasteiger partial charge in [0.05, 0.1) is 6.54 Å². The van der Waals surface area contributed by atoms with Gasteiger partial charge in [0.25, 0.3) is 5.84 Å². The molecular weight excluding hydrogens is 212 g/mol. The fraction of sp³-hybridized carbons (Fsp3) is 0.500. The summed E-state index contributed by atoms with van der Waals surface area (Å²) in [6, 6.07) is 10.1. The second kappa shape index (κ2) is 4.40. The van der Waals surface area contributed by atoms with Gasteiger partial charge in [-0.15, -0.1) is 0 Å². The van der Waals surface area contributed by atoms with E-state index in [9.17, 15) is 5.21 Å². The highest BCUT2D eigenvalue weighted by molar-refractivity contribution is 5.79. The number of hydrogen-bond donors (Lipinski definition) is 0. The second-order valence-electron chi connectivity index (χ2n) is 4.93. The van der Waals surface area contributed by atoms with Gasteiger partial charge in [0, 0.05) is 12.0 Å². The smallest absolute Gasteiger partial charge is 0.250 e. The maximum Gasteiger partial charge on any atom is 0.250 e. The van der Waals surface area contributed by atoms with Crippen molar-refractivity contribution in [1.29, 1.82) is 0 Å². The van der Waals surface area contributed by atoms with Crippen molar-refractivity contribution in [2.45, 2.75) is 31.7 Å². The van der Waals surface area contributed by atoms with E-state index in [1.807, 2.05) is 18.2 Å². The summed E-state index contributed by atoms with van der Waals surface area (Å²) in [5.74, 6) is 1.01. The number of rotatable bonds is 1. The summed E-state index contributed by atoms with van der Waals surface area (Å²) in [5, 5.41) is 12.3. The van der Waals surface area contributed by atoms with Crippen LogP contribution in [0.1, 0.15) is 37.3 Å². The van der Waals surface area contributed by atoms with Crippen LogP contribution in [0.5, 0.6) is 0 Å². The fourth-order valence-corrected chi connectivity index (χ4v) is 2.87.